The van der Waals surface area contributed by atoms with Gasteiger partial charge in [0.05, 0.1) is 6.07 Å². The summed E-state index contributed by atoms with van der Waals surface area (Å²) in [6, 6.07) is 12.8. The molecule has 2 aliphatic rings. The van der Waals surface area contributed by atoms with Gasteiger partial charge in [0.15, 0.2) is 0 Å². The lowest BCUT2D eigenvalue weighted by Crippen LogP contribution is -2.39. The zero-order chi connectivity index (χ0) is 15.5. The van der Waals surface area contributed by atoms with Gasteiger partial charge in [-0.3, -0.25) is 0 Å². The van der Waals surface area contributed by atoms with Gasteiger partial charge in [0.25, 0.3) is 0 Å². The molecule has 1 aromatic rings. The van der Waals surface area contributed by atoms with Crippen LogP contribution < -0.4 is 4.90 Å². The molecule has 3 rings (SSSR count). The lowest BCUT2D eigenvalue weighted by molar-refractivity contribution is 0.426. The largest absolute Gasteiger partial charge is 0.358 e. The molecule has 3 atom stereocenters. The maximum absolute atomic E-state index is 9.89. The summed E-state index contributed by atoms with van der Waals surface area (Å²) in [5.74, 6) is 0.843. The van der Waals surface area contributed by atoms with Crippen LogP contribution in [0, 0.1) is 23.2 Å². The highest BCUT2D eigenvalue weighted by Crippen LogP contribution is 2.48. The SMILES string of the molecule is C/C=C/[C@@H]1CC2=C(CCC2)[C@H]1[C@H](C#N)N(C)c1ccccc1. The Morgan fingerprint density at radius 1 is 1.27 bits per heavy atom. The van der Waals surface area contributed by atoms with Crippen molar-refractivity contribution in [3.05, 3.63) is 53.6 Å². The summed E-state index contributed by atoms with van der Waals surface area (Å²) in [7, 11) is 2.06. The highest BCUT2D eigenvalue weighted by molar-refractivity contribution is 5.49. The molecule has 22 heavy (non-hydrogen) atoms. The van der Waals surface area contributed by atoms with Gasteiger partial charge in [-0.1, -0.05) is 41.5 Å². The summed E-state index contributed by atoms with van der Waals surface area (Å²) in [5.41, 5.74) is 4.34. The minimum atomic E-state index is -0.0887. The lowest BCUT2D eigenvalue weighted by Gasteiger charge is -2.33. The van der Waals surface area contributed by atoms with E-state index in [1.54, 1.807) is 11.1 Å². The molecule has 0 fully saturated rings. The summed E-state index contributed by atoms with van der Waals surface area (Å²) in [5, 5.41) is 9.89. The third kappa shape index (κ3) is 2.57. The summed E-state index contributed by atoms with van der Waals surface area (Å²) in [4.78, 5) is 2.16. The number of anilines is 1. The van der Waals surface area contributed by atoms with Gasteiger partial charge in [-0.2, -0.15) is 5.26 Å². The first kappa shape index (κ1) is 14.9. The fourth-order valence-electron chi connectivity index (χ4n) is 4.23. The van der Waals surface area contributed by atoms with Crippen LogP contribution in [0.15, 0.2) is 53.6 Å². The molecule has 0 saturated heterocycles. The van der Waals surface area contributed by atoms with Crippen LogP contribution >= 0.6 is 0 Å². The number of hydrogen-bond acceptors (Lipinski definition) is 2. The molecule has 0 bridgehead atoms. The molecule has 1 aromatic carbocycles. The minimum Gasteiger partial charge on any atom is -0.358 e. The Morgan fingerprint density at radius 3 is 2.73 bits per heavy atom. The fraction of sp³-hybridized carbons (Fsp3) is 0.450. The van der Waals surface area contributed by atoms with Crippen molar-refractivity contribution in [2.24, 2.45) is 11.8 Å². The predicted molar refractivity (Wildman–Crippen MR) is 91.5 cm³/mol. The summed E-state index contributed by atoms with van der Waals surface area (Å²) < 4.78 is 0. The van der Waals surface area contributed by atoms with Crippen molar-refractivity contribution in [3.63, 3.8) is 0 Å². The van der Waals surface area contributed by atoms with E-state index in [-0.39, 0.29) is 6.04 Å². The second-order valence-corrected chi connectivity index (χ2v) is 6.42. The van der Waals surface area contributed by atoms with E-state index < -0.39 is 0 Å². The first-order valence-corrected chi connectivity index (χ1v) is 8.27. The zero-order valence-electron chi connectivity index (χ0n) is 13.5. The van der Waals surface area contributed by atoms with Crippen molar-refractivity contribution in [2.45, 2.75) is 38.6 Å². The molecule has 0 spiro atoms. The normalized spacial score (nSPS) is 25.3. The standard InChI is InChI=1S/C20H24N2/c1-3-8-16-13-15-9-7-12-18(15)20(16)19(14-21)22(2)17-10-5-4-6-11-17/h3-6,8,10-11,16,19-20H,7,9,12-13H2,1-2H3/b8-3+/t16-,19+,20+/m1/s1. The average Bonchev–Trinajstić information content (AvgIpc) is 3.12. The zero-order valence-corrected chi connectivity index (χ0v) is 13.5. The van der Waals surface area contributed by atoms with E-state index in [1.807, 2.05) is 18.2 Å². The topological polar surface area (TPSA) is 27.0 Å². The van der Waals surface area contributed by atoms with E-state index in [0.717, 1.165) is 12.1 Å². The van der Waals surface area contributed by atoms with Gasteiger partial charge in [-0.15, -0.1) is 0 Å². The predicted octanol–water partition coefficient (Wildman–Crippen LogP) is 4.71. The molecule has 0 saturated carbocycles. The van der Waals surface area contributed by atoms with Crippen LogP contribution in [0.25, 0.3) is 0 Å². The van der Waals surface area contributed by atoms with Crippen molar-refractivity contribution >= 4 is 5.69 Å². The van der Waals surface area contributed by atoms with Crippen LogP contribution in [0.2, 0.25) is 0 Å². The lowest BCUT2D eigenvalue weighted by atomic mass is 9.82. The highest BCUT2D eigenvalue weighted by atomic mass is 15.1. The maximum Gasteiger partial charge on any atom is 0.123 e. The Kier molecular flexibility index (Phi) is 4.34. The van der Waals surface area contributed by atoms with Crippen molar-refractivity contribution in [3.8, 4) is 6.07 Å². The average molecular weight is 292 g/mol. The summed E-state index contributed by atoms with van der Waals surface area (Å²) >= 11 is 0. The molecule has 0 heterocycles. The van der Waals surface area contributed by atoms with Gasteiger partial charge in [-0.05, 0) is 50.7 Å². The molecule has 0 radical (unpaired) electrons. The van der Waals surface area contributed by atoms with Gasteiger partial charge < -0.3 is 4.90 Å². The van der Waals surface area contributed by atoms with Crippen molar-refractivity contribution in [2.75, 3.05) is 11.9 Å². The first-order chi connectivity index (χ1) is 10.8. The molecule has 114 valence electrons. The minimum absolute atomic E-state index is 0.0887. The van der Waals surface area contributed by atoms with Crippen molar-refractivity contribution in [1.82, 2.24) is 0 Å². The number of hydrogen-bond donors (Lipinski definition) is 0. The number of nitriles is 1. The molecule has 0 aliphatic heterocycles. The van der Waals surface area contributed by atoms with Gasteiger partial charge in [0.1, 0.15) is 6.04 Å². The monoisotopic (exact) mass is 292 g/mol. The van der Waals surface area contributed by atoms with Gasteiger partial charge >= 0.3 is 0 Å². The molecule has 0 amide bonds. The van der Waals surface area contributed by atoms with E-state index in [9.17, 15) is 5.26 Å². The Bertz CT molecular complexity index is 621. The second-order valence-electron chi connectivity index (χ2n) is 6.42. The highest BCUT2D eigenvalue weighted by Gasteiger charge is 2.41. The number of para-hydroxylation sites is 1. The van der Waals surface area contributed by atoms with Crippen LogP contribution in [0.3, 0.4) is 0 Å². The number of benzene rings is 1. The quantitative estimate of drug-likeness (QED) is 0.752. The van der Waals surface area contributed by atoms with Crippen LogP contribution in [0.4, 0.5) is 5.69 Å². The van der Waals surface area contributed by atoms with E-state index in [2.05, 4.69) is 49.2 Å². The molecule has 0 N–H and O–H groups in total. The van der Waals surface area contributed by atoms with E-state index in [1.165, 1.54) is 19.3 Å². The number of rotatable bonds is 4. The van der Waals surface area contributed by atoms with E-state index >= 15 is 0 Å². The van der Waals surface area contributed by atoms with Crippen LogP contribution in [0.5, 0.6) is 0 Å². The Hall–Kier alpha value is -2.01. The van der Waals surface area contributed by atoms with Gasteiger partial charge in [-0.25, -0.2) is 0 Å². The Balaban J connectivity index is 1.92. The molecule has 2 heteroatoms. The fourth-order valence-corrected chi connectivity index (χ4v) is 4.23. The third-order valence-electron chi connectivity index (χ3n) is 5.22. The molecule has 2 aliphatic carbocycles. The van der Waals surface area contributed by atoms with Crippen LogP contribution in [-0.2, 0) is 0 Å². The first-order valence-electron chi connectivity index (χ1n) is 8.27. The number of nitrogens with zero attached hydrogens (tertiary/aromatic N) is 2. The maximum atomic E-state index is 9.89. The molecular weight excluding hydrogens is 268 g/mol. The summed E-state index contributed by atoms with van der Waals surface area (Å²) in [6.07, 6.45) is 9.33. The van der Waals surface area contributed by atoms with Gasteiger partial charge in [0, 0.05) is 18.7 Å². The smallest absolute Gasteiger partial charge is 0.123 e. The Labute approximate surface area is 133 Å². The van der Waals surface area contributed by atoms with E-state index in [4.69, 9.17) is 0 Å². The van der Waals surface area contributed by atoms with Crippen molar-refractivity contribution < 1.29 is 0 Å². The third-order valence-corrected chi connectivity index (χ3v) is 5.22. The van der Waals surface area contributed by atoms with Crippen molar-refractivity contribution in [1.29, 1.82) is 5.26 Å². The van der Waals surface area contributed by atoms with E-state index in [0.29, 0.717) is 11.8 Å². The summed E-state index contributed by atoms with van der Waals surface area (Å²) in [6.45, 7) is 2.09. The van der Waals surface area contributed by atoms with Crippen LogP contribution in [-0.4, -0.2) is 13.1 Å². The van der Waals surface area contributed by atoms with Gasteiger partial charge in [0.2, 0.25) is 0 Å². The number of allylic oxidation sites excluding steroid dienone is 3. The molecule has 0 aromatic heterocycles. The van der Waals surface area contributed by atoms with Crippen LogP contribution in [0.1, 0.15) is 32.6 Å². The molecule has 0 unspecified atom stereocenters. The second kappa shape index (κ2) is 6.40. The molecular formula is C20H24N2. The molecule has 2 nitrogen and oxygen atoms in total. The Morgan fingerprint density at radius 2 is 2.05 bits per heavy atom.